The highest BCUT2D eigenvalue weighted by Gasteiger charge is 2.20. The van der Waals surface area contributed by atoms with Crippen LogP contribution in [0, 0.1) is 17.2 Å². The number of nitrogens with zero attached hydrogens (tertiary/aromatic N) is 1. The van der Waals surface area contributed by atoms with Crippen LogP contribution in [-0.4, -0.2) is 6.43 Å². The molecule has 0 aromatic heterocycles. The van der Waals surface area contributed by atoms with Gasteiger partial charge in [-0.3, -0.25) is 0 Å². The molecule has 1 fully saturated rings. The zero-order chi connectivity index (χ0) is 14.4. The van der Waals surface area contributed by atoms with Gasteiger partial charge in [-0.05, 0) is 55.2 Å². The van der Waals surface area contributed by atoms with E-state index in [0.717, 1.165) is 25.7 Å². The van der Waals surface area contributed by atoms with Gasteiger partial charge in [-0.25, -0.2) is 8.78 Å². The predicted octanol–water partition coefficient (Wildman–Crippen LogP) is 5.04. The Kier molecular flexibility index (Phi) is 5.29. The van der Waals surface area contributed by atoms with Crippen molar-refractivity contribution in [3.63, 3.8) is 0 Å². The van der Waals surface area contributed by atoms with Crippen LogP contribution in [0.25, 0.3) is 0 Å². The average Bonchev–Trinajstić information content (AvgIpc) is 2.48. The van der Waals surface area contributed by atoms with Crippen LogP contribution >= 0.6 is 0 Å². The van der Waals surface area contributed by atoms with Crippen LogP contribution in [0.15, 0.2) is 36.4 Å². The Balaban J connectivity index is 1.84. The number of allylic oxidation sites excluding steroid dienone is 2. The SMILES string of the molecule is N#Cc1ccc(C2CCC(/C=C/CC(F)F)CC2)cc1. The molecule has 0 spiro atoms. The Morgan fingerprint density at radius 1 is 1.15 bits per heavy atom. The molecule has 0 aliphatic heterocycles. The van der Waals surface area contributed by atoms with E-state index in [1.807, 2.05) is 30.3 Å². The molecule has 1 aliphatic rings. The van der Waals surface area contributed by atoms with Crippen molar-refractivity contribution in [1.29, 1.82) is 5.26 Å². The van der Waals surface area contributed by atoms with Crippen molar-refractivity contribution in [2.75, 3.05) is 0 Å². The molecule has 0 bridgehead atoms. The van der Waals surface area contributed by atoms with Gasteiger partial charge in [0.2, 0.25) is 6.43 Å². The molecule has 0 radical (unpaired) electrons. The Hall–Kier alpha value is -1.69. The first kappa shape index (κ1) is 14.7. The van der Waals surface area contributed by atoms with Crippen molar-refractivity contribution in [1.82, 2.24) is 0 Å². The molecule has 1 aliphatic carbocycles. The summed E-state index contributed by atoms with van der Waals surface area (Å²) in [5.74, 6) is 0.992. The van der Waals surface area contributed by atoms with Crippen LogP contribution in [0.4, 0.5) is 8.78 Å². The van der Waals surface area contributed by atoms with Crippen molar-refractivity contribution >= 4 is 0 Å². The largest absolute Gasteiger partial charge is 0.242 e. The number of benzene rings is 1. The number of hydrogen-bond acceptors (Lipinski definition) is 1. The molecule has 0 amide bonds. The number of nitriles is 1. The smallest absolute Gasteiger partial charge is 0.210 e. The van der Waals surface area contributed by atoms with Crippen molar-refractivity contribution < 1.29 is 8.78 Å². The molecule has 0 atom stereocenters. The summed E-state index contributed by atoms with van der Waals surface area (Å²) in [7, 11) is 0. The highest BCUT2D eigenvalue weighted by atomic mass is 19.3. The standard InChI is InChI=1S/C17H19F2N/c18-17(19)3-1-2-13-4-8-15(9-5-13)16-10-6-14(12-20)7-11-16/h1-2,6-7,10-11,13,15,17H,3-5,8-9H2/b2-1+. The van der Waals surface area contributed by atoms with Gasteiger partial charge in [0.25, 0.3) is 0 Å². The Labute approximate surface area is 118 Å². The van der Waals surface area contributed by atoms with Crippen LogP contribution in [0.5, 0.6) is 0 Å². The average molecular weight is 275 g/mol. The maximum atomic E-state index is 12.1. The summed E-state index contributed by atoms with van der Waals surface area (Å²) in [4.78, 5) is 0. The van der Waals surface area contributed by atoms with Crippen LogP contribution < -0.4 is 0 Å². The third-order valence-corrected chi connectivity index (χ3v) is 4.01. The highest BCUT2D eigenvalue weighted by Crippen LogP contribution is 2.36. The second kappa shape index (κ2) is 7.19. The summed E-state index contributed by atoms with van der Waals surface area (Å²) >= 11 is 0. The molecule has 20 heavy (non-hydrogen) atoms. The van der Waals surface area contributed by atoms with E-state index in [4.69, 9.17) is 5.26 Å². The van der Waals surface area contributed by atoms with Gasteiger partial charge in [0.15, 0.2) is 0 Å². The first-order valence-corrected chi connectivity index (χ1v) is 7.14. The molecular weight excluding hydrogens is 256 g/mol. The predicted molar refractivity (Wildman–Crippen MR) is 75.6 cm³/mol. The van der Waals surface area contributed by atoms with E-state index in [-0.39, 0.29) is 6.42 Å². The summed E-state index contributed by atoms with van der Waals surface area (Å²) in [5.41, 5.74) is 1.98. The summed E-state index contributed by atoms with van der Waals surface area (Å²) in [6.07, 6.45) is 5.52. The molecule has 3 heteroatoms. The van der Waals surface area contributed by atoms with E-state index >= 15 is 0 Å². The number of alkyl halides is 2. The summed E-state index contributed by atoms with van der Waals surface area (Å²) < 4.78 is 24.1. The van der Waals surface area contributed by atoms with Crippen molar-refractivity contribution in [3.05, 3.63) is 47.5 Å². The molecule has 0 unspecified atom stereocenters. The second-order valence-electron chi connectivity index (χ2n) is 5.40. The zero-order valence-electron chi connectivity index (χ0n) is 11.4. The Morgan fingerprint density at radius 3 is 2.35 bits per heavy atom. The lowest BCUT2D eigenvalue weighted by Crippen LogP contribution is -2.11. The number of hydrogen-bond donors (Lipinski definition) is 0. The molecule has 2 rings (SSSR count). The molecule has 106 valence electrons. The van der Waals surface area contributed by atoms with E-state index in [9.17, 15) is 8.78 Å². The van der Waals surface area contributed by atoms with Gasteiger partial charge in [-0.1, -0.05) is 24.3 Å². The van der Waals surface area contributed by atoms with Crippen molar-refractivity contribution in [2.24, 2.45) is 5.92 Å². The fraction of sp³-hybridized carbons (Fsp3) is 0.471. The van der Waals surface area contributed by atoms with Crippen LogP contribution in [0.1, 0.15) is 49.1 Å². The van der Waals surface area contributed by atoms with E-state index < -0.39 is 6.43 Å². The third kappa shape index (κ3) is 4.16. The van der Waals surface area contributed by atoms with Crippen LogP contribution in [-0.2, 0) is 0 Å². The molecule has 0 saturated heterocycles. The minimum Gasteiger partial charge on any atom is -0.210 e. The lowest BCUT2D eigenvalue weighted by molar-refractivity contribution is 0.152. The Bertz CT molecular complexity index is 477. The van der Waals surface area contributed by atoms with Crippen LogP contribution in [0.3, 0.4) is 0 Å². The highest BCUT2D eigenvalue weighted by molar-refractivity contribution is 5.33. The van der Waals surface area contributed by atoms with Crippen molar-refractivity contribution in [2.45, 2.75) is 44.4 Å². The molecule has 1 saturated carbocycles. The summed E-state index contributed by atoms with van der Waals surface area (Å²) in [6, 6.07) is 9.93. The van der Waals surface area contributed by atoms with Gasteiger partial charge in [-0.15, -0.1) is 0 Å². The maximum absolute atomic E-state index is 12.1. The van der Waals surface area contributed by atoms with Gasteiger partial charge in [0, 0.05) is 6.42 Å². The van der Waals surface area contributed by atoms with E-state index in [0.29, 0.717) is 17.4 Å². The topological polar surface area (TPSA) is 23.8 Å². The minimum absolute atomic E-state index is 0.129. The monoisotopic (exact) mass is 275 g/mol. The van der Waals surface area contributed by atoms with Gasteiger partial charge in [0.1, 0.15) is 0 Å². The number of rotatable bonds is 4. The number of halogens is 2. The minimum atomic E-state index is -2.23. The Morgan fingerprint density at radius 2 is 1.80 bits per heavy atom. The van der Waals surface area contributed by atoms with Gasteiger partial charge < -0.3 is 0 Å². The molecule has 0 N–H and O–H groups in total. The van der Waals surface area contributed by atoms with E-state index in [1.165, 1.54) is 5.56 Å². The fourth-order valence-corrected chi connectivity index (χ4v) is 2.85. The molecule has 1 aromatic rings. The summed E-state index contributed by atoms with van der Waals surface area (Å²) in [6.45, 7) is 0. The first-order chi connectivity index (χ1) is 9.69. The fourth-order valence-electron chi connectivity index (χ4n) is 2.85. The maximum Gasteiger partial charge on any atom is 0.242 e. The van der Waals surface area contributed by atoms with E-state index in [1.54, 1.807) is 6.08 Å². The lowest BCUT2D eigenvalue weighted by Gasteiger charge is -2.27. The quantitative estimate of drug-likeness (QED) is 0.706. The molecule has 0 heterocycles. The normalized spacial score (nSPS) is 23.1. The molecular formula is C17H19F2N. The van der Waals surface area contributed by atoms with Crippen LogP contribution in [0.2, 0.25) is 0 Å². The first-order valence-electron chi connectivity index (χ1n) is 7.14. The zero-order valence-corrected chi connectivity index (χ0v) is 11.4. The lowest BCUT2D eigenvalue weighted by atomic mass is 9.78. The third-order valence-electron chi connectivity index (χ3n) is 4.01. The van der Waals surface area contributed by atoms with E-state index in [2.05, 4.69) is 6.07 Å². The molecule has 1 nitrogen and oxygen atoms in total. The van der Waals surface area contributed by atoms with Gasteiger partial charge >= 0.3 is 0 Å². The van der Waals surface area contributed by atoms with Gasteiger partial charge in [0.05, 0.1) is 11.6 Å². The molecule has 1 aromatic carbocycles. The van der Waals surface area contributed by atoms with Gasteiger partial charge in [-0.2, -0.15) is 5.26 Å². The van der Waals surface area contributed by atoms with Crippen molar-refractivity contribution in [3.8, 4) is 6.07 Å². The second-order valence-corrected chi connectivity index (χ2v) is 5.40. The summed E-state index contributed by atoms with van der Waals surface area (Å²) in [5, 5.41) is 8.78.